The Morgan fingerprint density at radius 2 is 2.00 bits per heavy atom. The average Bonchev–Trinajstić information content (AvgIpc) is 2.34. The van der Waals surface area contributed by atoms with Crippen molar-refractivity contribution in [1.82, 2.24) is 0 Å². The smallest absolute Gasteiger partial charge is 0.101 e. The summed E-state index contributed by atoms with van der Waals surface area (Å²) in [5, 5.41) is 20.8. The molecule has 0 amide bonds. The molecule has 0 atom stereocenters. The molecule has 0 unspecified atom stereocenters. The lowest BCUT2D eigenvalue weighted by Crippen LogP contribution is -2.00. The highest BCUT2D eigenvalue weighted by Crippen LogP contribution is 2.14. The molecule has 1 N–H and O–H groups in total. The number of anilines is 1. The summed E-state index contributed by atoms with van der Waals surface area (Å²) in [6, 6.07) is 9.18. The minimum Gasteiger partial charge on any atom is -0.385 e. The van der Waals surface area contributed by atoms with Gasteiger partial charge in [0.2, 0.25) is 0 Å². The van der Waals surface area contributed by atoms with Gasteiger partial charge in [-0.2, -0.15) is 10.5 Å². The van der Waals surface area contributed by atoms with Crippen LogP contribution in [0.1, 0.15) is 24.5 Å². The minimum atomic E-state index is 0.415. The Labute approximate surface area is 95.6 Å². The molecule has 3 heteroatoms. The second-order valence-electron chi connectivity index (χ2n) is 3.27. The predicted octanol–water partition coefficient (Wildman–Crippen LogP) is 2.81. The van der Waals surface area contributed by atoms with E-state index in [0.717, 1.165) is 18.7 Å². The molecule has 80 valence electrons. The van der Waals surface area contributed by atoms with Gasteiger partial charge < -0.3 is 5.32 Å². The minimum absolute atomic E-state index is 0.415. The summed E-state index contributed by atoms with van der Waals surface area (Å²) in [6.07, 6.45) is 5.02. The molecule has 3 nitrogen and oxygen atoms in total. The molecule has 0 aliphatic heterocycles. The maximum atomic E-state index is 8.84. The van der Waals surface area contributed by atoms with Crippen molar-refractivity contribution >= 4 is 5.69 Å². The Hall–Kier alpha value is -2.26. The number of hydrogen-bond acceptors (Lipinski definition) is 3. The van der Waals surface area contributed by atoms with E-state index < -0.39 is 0 Å². The van der Waals surface area contributed by atoms with Crippen molar-refractivity contribution in [3.05, 3.63) is 41.5 Å². The number of nitriles is 2. The van der Waals surface area contributed by atoms with Crippen LogP contribution in [0.5, 0.6) is 0 Å². The summed E-state index contributed by atoms with van der Waals surface area (Å²) in [7, 11) is 0. The van der Waals surface area contributed by atoms with E-state index >= 15 is 0 Å². The molecular weight excluding hydrogens is 198 g/mol. The first-order valence-electron chi connectivity index (χ1n) is 5.11. The third kappa shape index (κ3) is 3.15. The zero-order chi connectivity index (χ0) is 11.8. The molecular formula is C13H13N3. The van der Waals surface area contributed by atoms with Crippen LogP contribution in [0.2, 0.25) is 0 Å². The molecule has 0 fully saturated rings. The Kier molecular flexibility index (Phi) is 4.63. The Morgan fingerprint density at radius 3 is 2.62 bits per heavy atom. The highest BCUT2D eigenvalue weighted by Gasteiger charge is 2.01. The molecule has 0 aliphatic rings. The van der Waals surface area contributed by atoms with Crippen LogP contribution >= 0.6 is 0 Å². The molecule has 0 radical (unpaired) electrons. The van der Waals surface area contributed by atoms with E-state index in [0.29, 0.717) is 11.1 Å². The largest absolute Gasteiger partial charge is 0.385 e. The van der Waals surface area contributed by atoms with E-state index in [4.69, 9.17) is 10.5 Å². The molecule has 1 rings (SSSR count). The molecule has 0 bridgehead atoms. The normalized spacial score (nSPS) is 9.69. The molecule has 1 aromatic rings. The van der Waals surface area contributed by atoms with Gasteiger partial charge in [-0.25, -0.2) is 0 Å². The number of rotatable bonds is 4. The van der Waals surface area contributed by atoms with Crippen molar-refractivity contribution in [3.63, 3.8) is 0 Å². The Balaban J connectivity index is 2.70. The number of benzene rings is 1. The van der Waals surface area contributed by atoms with Gasteiger partial charge in [-0.15, -0.1) is 0 Å². The number of nitrogens with one attached hydrogen (secondary N) is 1. The maximum absolute atomic E-state index is 8.84. The van der Waals surface area contributed by atoms with E-state index in [-0.39, 0.29) is 0 Å². The van der Waals surface area contributed by atoms with Crippen molar-refractivity contribution in [3.8, 4) is 12.1 Å². The lowest BCUT2D eigenvalue weighted by atomic mass is 10.1. The SMILES string of the molecule is C/C=C/CCNc1ccc(C#N)c(C#N)c1. The predicted molar refractivity (Wildman–Crippen MR) is 63.8 cm³/mol. The summed E-state index contributed by atoms with van der Waals surface area (Å²) in [5.74, 6) is 0. The standard InChI is InChI=1S/C13H13N3/c1-2-3-4-7-16-13-6-5-11(9-14)12(8-13)10-15/h2-3,5-6,8,16H,4,7H2,1H3/b3-2+. The maximum Gasteiger partial charge on any atom is 0.101 e. The molecule has 16 heavy (non-hydrogen) atoms. The highest BCUT2D eigenvalue weighted by molar-refractivity contribution is 5.56. The molecule has 0 aromatic heterocycles. The third-order valence-electron chi connectivity index (χ3n) is 2.14. The molecule has 0 saturated carbocycles. The van der Waals surface area contributed by atoms with Crippen LogP contribution in [0.3, 0.4) is 0 Å². The van der Waals surface area contributed by atoms with Crippen molar-refractivity contribution in [2.75, 3.05) is 11.9 Å². The van der Waals surface area contributed by atoms with E-state index in [1.54, 1.807) is 12.1 Å². The first-order valence-corrected chi connectivity index (χ1v) is 5.11. The fraction of sp³-hybridized carbons (Fsp3) is 0.231. The highest BCUT2D eigenvalue weighted by atomic mass is 14.9. The first-order chi connectivity index (χ1) is 7.81. The van der Waals surface area contributed by atoms with Crippen LogP contribution in [0, 0.1) is 22.7 Å². The van der Waals surface area contributed by atoms with Crippen LogP contribution in [-0.4, -0.2) is 6.54 Å². The van der Waals surface area contributed by atoms with Crippen molar-refractivity contribution in [1.29, 1.82) is 10.5 Å². The zero-order valence-electron chi connectivity index (χ0n) is 9.20. The van der Waals surface area contributed by atoms with Gasteiger partial charge in [-0.05, 0) is 31.5 Å². The van der Waals surface area contributed by atoms with E-state index in [9.17, 15) is 0 Å². The number of nitrogens with zero attached hydrogens (tertiary/aromatic N) is 2. The van der Waals surface area contributed by atoms with Gasteiger partial charge in [0, 0.05) is 12.2 Å². The lowest BCUT2D eigenvalue weighted by Gasteiger charge is -2.05. The van der Waals surface area contributed by atoms with E-state index in [1.807, 2.05) is 31.2 Å². The molecule has 0 heterocycles. The summed E-state index contributed by atoms with van der Waals surface area (Å²) in [5.41, 5.74) is 1.71. The van der Waals surface area contributed by atoms with Gasteiger partial charge in [0.1, 0.15) is 12.1 Å². The van der Waals surface area contributed by atoms with Crippen molar-refractivity contribution in [2.24, 2.45) is 0 Å². The second kappa shape index (κ2) is 6.27. The zero-order valence-corrected chi connectivity index (χ0v) is 9.20. The Morgan fingerprint density at radius 1 is 1.25 bits per heavy atom. The molecule has 0 aliphatic carbocycles. The number of hydrogen-bond donors (Lipinski definition) is 1. The number of allylic oxidation sites excluding steroid dienone is 1. The lowest BCUT2D eigenvalue weighted by molar-refractivity contribution is 1.06. The summed E-state index contributed by atoms with van der Waals surface area (Å²) >= 11 is 0. The van der Waals surface area contributed by atoms with Crippen molar-refractivity contribution in [2.45, 2.75) is 13.3 Å². The van der Waals surface area contributed by atoms with Gasteiger partial charge in [-0.3, -0.25) is 0 Å². The molecule has 0 saturated heterocycles. The quantitative estimate of drug-likeness (QED) is 0.615. The fourth-order valence-corrected chi connectivity index (χ4v) is 1.31. The second-order valence-corrected chi connectivity index (χ2v) is 3.27. The van der Waals surface area contributed by atoms with E-state index in [2.05, 4.69) is 11.4 Å². The topological polar surface area (TPSA) is 59.6 Å². The van der Waals surface area contributed by atoms with Crippen LogP contribution in [0.4, 0.5) is 5.69 Å². The summed E-state index contributed by atoms with van der Waals surface area (Å²) in [6.45, 7) is 2.80. The molecule has 0 spiro atoms. The fourth-order valence-electron chi connectivity index (χ4n) is 1.31. The van der Waals surface area contributed by atoms with Crippen LogP contribution in [0.25, 0.3) is 0 Å². The summed E-state index contributed by atoms with van der Waals surface area (Å²) in [4.78, 5) is 0. The first kappa shape index (κ1) is 11.8. The average molecular weight is 211 g/mol. The van der Waals surface area contributed by atoms with Crippen LogP contribution < -0.4 is 5.32 Å². The third-order valence-corrected chi connectivity index (χ3v) is 2.14. The van der Waals surface area contributed by atoms with Gasteiger partial charge in [0.25, 0.3) is 0 Å². The summed E-state index contributed by atoms with van der Waals surface area (Å²) < 4.78 is 0. The monoisotopic (exact) mass is 211 g/mol. The van der Waals surface area contributed by atoms with Gasteiger partial charge in [0.05, 0.1) is 11.1 Å². The van der Waals surface area contributed by atoms with Gasteiger partial charge in [0.15, 0.2) is 0 Å². The van der Waals surface area contributed by atoms with Crippen LogP contribution in [-0.2, 0) is 0 Å². The Bertz CT molecular complexity index is 461. The molecule has 1 aromatic carbocycles. The van der Waals surface area contributed by atoms with Gasteiger partial charge >= 0.3 is 0 Å². The van der Waals surface area contributed by atoms with Crippen LogP contribution in [0.15, 0.2) is 30.4 Å². The van der Waals surface area contributed by atoms with Gasteiger partial charge in [-0.1, -0.05) is 12.2 Å². The van der Waals surface area contributed by atoms with E-state index in [1.165, 1.54) is 0 Å². The van der Waals surface area contributed by atoms with Crippen molar-refractivity contribution < 1.29 is 0 Å².